The van der Waals surface area contributed by atoms with Gasteiger partial charge in [-0.3, -0.25) is 0 Å². The molecule has 0 amide bonds. The Morgan fingerprint density at radius 3 is 2.12 bits per heavy atom. The summed E-state index contributed by atoms with van der Waals surface area (Å²) in [6.07, 6.45) is 9.93. The monoisotopic (exact) mass is 238 g/mol. The van der Waals surface area contributed by atoms with Crippen LogP contribution in [0.1, 0.15) is 58.8 Å². The quantitative estimate of drug-likeness (QED) is 0.810. The molecular formula is C15H30N2. The molecule has 0 spiro atoms. The highest BCUT2D eigenvalue weighted by molar-refractivity contribution is 4.82. The Bertz CT molecular complexity index is 201. The molecule has 0 atom stereocenters. The lowest BCUT2D eigenvalue weighted by atomic mass is 9.93. The van der Waals surface area contributed by atoms with Gasteiger partial charge in [-0.15, -0.1) is 0 Å². The summed E-state index contributed by atoms with van der Waals surface area (Å²) in [4.78, 5) is 2.64. The van der Waals surface area contributed by atoms with Crippen LogP contribution < -0.4 is 5.32 Å². The molecule has 2 aliphatic rings. The lowest BCUT2D eigenvalue weighted by Crippen LogP contribution is -2.47. The highest BCUT2D eigenvalue weighted by Gasteiger charge is 2.22. The SMILES string of the molecule is CC(C)CN1CCC(NC2CCCCC2)CC1. The fourth-order valence-electron chi connectivity index (χ4n) is 3.40. The molecule has 2 nitrogen and oxygen atoms in total. The highest BCUT2D eigenvalue weighted by Crippen LogP contribution is 2.20. The number of hydrogen-bond donors (Lipinski definition) is 1. The van der Waals surface area contributed by atoms with Crippen LogP contribution in [0, 0.1) is 5.92 Å². The second-order valence-corrected chi connectivity index (χ2v) is 6.47. The van der Waals surface area contributed by atoms with Gasteiger partial charge in [0.2, 0.25) is 0 Å². The van der Waals surface area contributed by atoms with Crippen molar-refractivity contribution in [1.82, 2.24) is 10.2 Å². The van der Waals surface area contributed by atoms with E-state index in [0.29, 0.717) is 0 Å². The maximum atomic E-state index is 3.90. The molecule has 2 heteroatoms. The smallest absolute Gasteiger partial charge is 0.00940 e. The topological polar surface area (TPSA) is 15.3 Å². The Kier molecular flexibility index (Phi) is 5.30. The van der Waals surface area contributed by atoms with Crippen LogP contribution in [0.3, 0.4) is 0 Å². The first-order chi connectivity index (χ1) is 8.24. The molecule has 0 bridgehead atoms. The summed E-state index contributed by atoms with van der Waals surface area (Å²) < 4.78 is 0. The van der Waals surface area contributed by atoms with Crippen LogP contribution in [-0.4, -0.2) is 36.6 Å². The van der Waals surface area contributed by atoms with Gasteiger partial charge in [0.25, 0.3) is 0 Å². The van der Waals surface area contributed by atoms with Crippen molar-refractivity contribution in [3.05, 3.63) is 0 Å². The van der Waals surface area contributed by atoms with Crippen LogP contribution in [0.2, 0.25) is 0 Å². The van der Waals surface area contributed by atoms with E-state index in [0.717, 1.165) is 18.0 Å². The number of hydrogen-bond acceptors (Lipinski definition) is 2. The normalized spacial score (nSPS) is 25.6. The number of piperidine rings is 1. The van der Waals surface area contributed by atoms with E-state index in [1.165, 1.54) is 64.6 Å². The van der Waals surface area contributed by atoms with E-state index in [2.05, 4.69) is 24.1 Å². The Balaban J connectivity index is 1.64. The second-order valence-electron chi connectivity index (χ2n) is 6.47. The lowest BCUT2D eigenvalue weighted by Gasteiger charge is -2.36. The fourth-order valence-corrected chi connectivity index (χ4v) is 3.40. The Labute approximate surface area is 107 Å². The number of rotatable bonds is 4. The lowest BCUT2D eigenvalue weighted by molar-refractivity contribution is 0.169. The Hall–Kier alpha value is -0.0800. The third-order valence-corrected chi connectivity index (χ3v) is 4.29. The number of likely N-dealkylation sites (tertiary alicyclic amines) is 1. The molecule has 1 heterocycles. The van der Waals surface area contributed by atoms with Crippen molar-refractivity contribution in [2.45, 2.75) is 70.9 Å². The van der Waals surface area contributed by atoms with Crippen LogP contribution >= 0.6 is 0 Å². The molecule has 0 radical (unpaired) electrons. The predicted molar refractivity (Wildman–Crippen MR) is 74.3 cm³/mol. The van der Waals surface area contributed by atoms with Gasteiger partial charge in [0.1, 0.15) is 0 Å². The molecule has 100 valence electrons. The van der Waals surface area contributed by atoms with Crippen LogP contribution in [-0.2, 0) is 0 Å². The average molecular weight is 238 g/mol. The van der Waals surface area contributed by atoms with Gasteiger partial charge in [-0.2, -0.15) is 0 Å². The first-order valence-electron chi connectivity index (χ1n) is 7.72. The van der Waals surface area contributed by atoms with Gasteiger partial charge in [-0.1, -0.05) is 33.1 Å². The van der Waals surface area contributed by atoms with Crippen molar-refractivity contribution < 1.29 is 0 Å². The van der Waals surface area contributed by atoms with E-state index in [9.17, 15) is 0 Å². The molecule has 1 N–H and O–H groups in total. The van der Waals surface area contributed by atoms with Crippen molar-refractivity contribution in [2.24, 2.45) is 5.92 Å². The molecular weight excluding hydrogens is 208 g/mol. The molecule has 1 aliphatic heterocycles. The van der Waals surface area contributed by atoms with Gasteiger partial charge in [-0.25, -0.2) is 0 Å². The highest BCUT2D eigenvalue weighted by atomic mass is 15.1. The molecule has 0 aromatic carbocycles. The van der Waals surface area contributed by atoms with E-state index < -0.39 is 0 Å². The summed E-state index contributed by atoms with van der Waals surface area (Å²) in [6.45, 7) is 8.56. The molecule has 1 saturated carbocycles. The maximum absolute atomic E-state index is 3.90. The Morgan fingerprint density at radius 2 is 1.53 bits per heavy atom. The summed E-state index contributed by atoms with van der Waals surface area (Å²) >= 11 is 0. The maximum Gasteiger partial charge on any atom is 0.00940 e. The average Bonchev–Trinajstić information content (AvgIpc) is 2.32. The van der Waals surface area contributed by atoms with Crippen molar-refractivity contribution >= 4 is 0 Å². The first-order valence-corrected chi connectivity index (χ1v) is 7.72. The van der Waals surface area contributed by atoms with Crippen LogP contribution in [0.5, 0.6) is 0 Å². The molecule has 0 aromatic rings. The van der Waals surface area contributed by atoms with Crippen molar-refractivity contribution in [2.75, 3.05) is 19.6 Å². The molecule has 1 saturated heterocycles. The zero-order chi connectivity index (χ0) is 12.1. The summed E-state index contributed by atoms with van der Waals surface area (Å²) in [5, 5.41) is 3.90. The van der Waals surface area contributed by atoms with Gasteiger partial charge in [-0.05, 0) is 44.7 Å². The largest absolute Gasteiger partial charge is 0.311 e. The summed E-state index contributed by atoms with van der Waals surface area (Å²) in [5.41, 5.74) is 0. The molecule has 2 rings (SSSR count). The standard InChI is InChI=1S/C15H30N2/c1-13(2)12-17-10-8-15(9-11-17)16-14-6-4-3-5-7-14/h13-16H,3-12H2,1-2H3. The molecule has 0 aromatic heterocycles. The molecule has 0 unspecified atom stereocenters. The summed E-state index contributed by atoms with van der Waals surface area (Å²) in [6, 6.07) is 1.65. The molecule has 17 heavy (non-hydrogen) atoms. The second kappa shape index (κ2) is 6.75. The van der Waals surface area contributed by atoms with Gasteiger partial charge >= 0.3 is 0 Å². The van der Waals surface area contributed by atoms with E-state index in [-0.39, 0.29) is 0 Å². The molecule has 1 aliphatic carbocycles. The predicted octanol–water partition coefficient (Wildman–Crippen LogP) is 3.03. The van der Waals surface area contributed by atoms with Gasteiger partial charge in [0.15, 0.2) is 0 Å². The summed E-state index contributed by atoms with van der Waals surface area (Å²) in [7, 11) is 0. The third kappa shape index (κ3) is 4.59. The van der Waals surface area contributed by atoms with E-state index >= 15 is 0 Å². The van der Waals surface area contributed by atoms with Crippen LogP contribution in [0.4, 0.5) is 0 Å². The van der Waals surface area contributed by atoms with E-state index in [4.69, 9.17) is 0 Å². The zero-order valence-electron chi connectivity index (χ0n) is 11.8. The number of nitrogens with one attached hydrogen (secondary N) is 1. The minimum atomic E-state index is 0.807. The minimum Gasteiger partial charge on any atom is -0.311 e. The van der Waals surface area contributed by atoms with Crippen molar-refractivity contribution in [3.63, 3.8) is 0 Å². The number of nitrogens with zero attached hydrogens (tertiary/aromatic N) is 1. The first kappa shape index (κ1) is 13.4. The van der Waals surface area contributed by atoms with Crippen molar-refractivity contribution in [3.8, 4) is 0 Å². The third-order valence-electron chi connectivity index (χ3n) is 4.29. The summed E-state index contributed by atoms with van der Waals surface area (Å²) in [5.74, 6) is 0.817. The van der Waals surface area contributed by atoms with Gasteiger partial charge in [0.05, 0.1) is 0 Å². The Morgan fingerprint density at radius 1 is 0.941 bits per heavy atom. The van der Waals surface area contributed by atoms with E-state index in [1.807, 2.05) is 0 Å². The van der Waals surface area contributed by atoms with E-state index in [1.54, 1.807) is 0 Å². The fraction of sp³-hybridized carbons (Fsp3) is 1.00. The zero-order valence-corrected chi connectivity index (χ0v) is 11.8. The van der Waals surface area contributed by atoms with Crippen LogP contribution in [0.25, 0.3) is 0 Å². The minimum absolute atomic E-state index is 0.807. The van der Waals surface area contributed by atoms with Gasteiger partial charge in [0, 0.05) is 18.6 Å². The van der Waals surface area contributed by atoms with Crippen molar-refractivity contribution in [1.29, 1.82) is 0 Å². The van der Waals surface area contributed by atoms with Crippen LogP contribution in [0.15, 0.2) is 0 Å². The van der Waals surface area contributed by atoms with Gasteiger partial charge < -0.3 is 10.2 Å². The molecule has 2 fully saturated rings.